The number of alkyl halides is 1. The number of hydrogen-bond acceptors (Lipinski definition) is 2. The Hall–Kier alpha value is -0.150. The Kier molecular flexibility index (Phi) is 6.25. The van der Waals surface area contributed by atoms with E-state index in [1.807, 2.05) is 27.7 Å². The van der Waals surface area contributed by atoms with E-state index in [0.29, 0.717) is 6.54 Å². The molecule has 0 amide bonds. The van der Waals surface area contributed by atoms with Gasteiger partial charge in [0, 0.05) is 5.92 Å². The second-order valence-electron chi connectivity index (χ2n) is 4.04. The molecular formula is C10H22FNO. The van der Waals surface area contributed by atoms with Crippen LogP contribution in [0.25, 0.3) is 0 Å². The number of hydrogen-bond donors (Lipinski definition) is 1. The summed E-state index contributed by atoms with van der Waals surface area (Å²) in [5.41, 5.74) is 5.49. The lowest BCUT2D eigenvalue weighted by atomic mass is 9.91. The second kappa shape index (κ2) is 6.33. The molecule has 0 heterocycles. The smallest absolute Gasteiger partial charge is 0.128 e. The highest BCUT2D eigenvalue weighted by atomic mass is 19.1. The van der Waals surface area contributed by atoms with Crippen LogP contribution in [0.1, 0.15) is 27.7 Å². The van der Waals surface area contributed by atoms with E-state index in [2.05, 4.69) is 0 Å². The lowest BCUT2D eigenvalue weighted by molar-refractivity contribution is 0.0124. The standard InChI is InChI=1S/C10H22FNO/c1-7(2)9(5-12)10(11)6-13-8(3)4/h7-10H,5-6,12H2,1-4H3. The van der Waals surface area contributed by atoms with E-state index in [9.17, 15) is 4.39 Å². The van der Waals surface area contributed by atoms with E-state index >= 15 is 0 Å². The number of ether oxygens (including phenoxy) is 1. The topological polar surface area (TPSA) is 35.2 Å². The third kappa shape index (κ3) is 5.21. The zero-order chi connectivity index (χ0) is 10.4. The SMILES string of the molecule is CC(C)OCC(F)C(CN)C(C)C. The molecule has 0 aromatic carbocycles. The predicted octanol–water partition coefficient (Wildman–Crippen LogP) is 1.98. The molecule has 0 fully saturated rings. The summed E-state index contributed by atoms with van der Waals surface area (Å²) < 4.78 is 18.7. The molecule has 2 atom stereocenters. The molecule has 13 heavy (non-hydrogen) atoms. The third-order valence-electron chi connectivity index (χ3n) is 2.18. The van der Waals surface area contributed by atoms with E-state index in [1.165, 1.54) is 0 Å². The van der Waals surface area contributed by atoms with Crippen LogP contribution in [0.5, 0.6) is 0 Å². The van der Waals surface area contributed by atoms with Gasteiger partial charge in [-0.25, -0.2) is 4.39 Å². The van der Waals surface area contributed by atoms with Gasteiger partial charge in [0.05, 0.1) is 12.7 Å². The molecule has 0 saturated carbocycles. The first-order valence-electron chi connectivity index (χ1n) is 4.94. The molecule has 2 nitrogen and oxygen atoms in total. The van der Waals surface area contributed by atoms with Crippen molar-refractivity contribution in [3.8, 4) is 0 Å². The minimum atomic E-state index is -0.938. The first-order chi connectivity index (χ1) is 5.99. The van der Waals surface area contributed by atoms with Gasteiger partial charge in [-0.15, -0.1) is 0 Å². The summed E-state index contributed by atoms with van der Waals surface area (Å²) in [5, 5.41) is 0. The molecule has 0 aliphatic heterocycles. The lowest BCUT2D eigenvalue weighted by Gasteiger charge is -2.23. The third-order valence-corrected chi connectivity index (χ3v) is 2.18. The molecule has 0 rings (SSSR count). The molecule has 0 aliphatic carbocycles. The van der Waals surface area contributed by atoms with Gasteiger partial charge in [0.2, 0.25) is 0 Å². The van der Waals surface area contributed by atoms with E-state index in [-0.39, 0.29) is 24.5 Å². The van der Waals surface area contributed by atoms with Crippen molar-refractivity contribution in [2.45, 2.75) is 40.0 Å². The average Bonchev–Trinajstić information content (AvgIpc) is 2.01. The van der Waals surface area contributed by atoms with Gasteiger partial charge in [0.15, 0.2) is 0 Å². The number of rotatable bonds is 6. The molecule has 0 radical (unpaired) electrons. The van der Waals surface area contributed by atoms with Crippen molar-refractivity contribution in [2.24, 2.45) is 17.6 Å². The first kappa shape index (κ1) is 12.8. The second-order valence-corrected chi connectivity index (χ2v) is 4.04. The normalized spacial score (nSPS) is 16.6. The van der Waals surface area contributed by atoms with E-state index in [0.717, 1.165) is 0 Å². The van der Waals surface area contributed by atoms with Gasteiger partial charge < -0.3 is 10.5 Å². The van der Waals surface area contributed by atoms with E-state index in [1.54, 1.807) is 0 Å². The van der Waals surface area contributed by atoms with Crippen LogP contribution >= 0.6 is 0 Å². The van der Waals surface area contributed by atoms with Crippen molar-refractivity contribution in [2.75, 3.05) is 13.2 Å². The zero-order valence-corrected chi connectivity index (χ0v) is 9.09. The van der Waals surface area contributed by atoms with Crippen molar-refractivity contribution in [1.29, 1.82) is 0 Å². The van der Waals surface area contributed by atoms with Crippen LogP contribution in [0.3, 0.4) is 0 Å². The number of nitrogens with two attached hydrogens (primary N) is 1. The summed E-state index contributed by atoms with van der Waals surface area (Å²) in [6.45, 7) is 8.33. The van der Waals surface area contributed by atoms with E-state index in [4.69, 9.17) is 10.5 Å². The summed E-state index contributed by atoms with van der Waals surface area (Å²) in [6.07, 6.45) is -0.851. The maximum atomic E-state index is 13.5. The maximum absolute atomic E-state index is 13.5. The van der Waals surface area contributed by atoms with Crippen molar-refractivity contribution >= 4 is 0 Å². The van der Waals surface area contributed by atoms with Crippen LogP contribution in [0.2, 0.25) is 0 Å². The van der Waals surface area contributed by atoms with Crippen LogP contribution in [0, 0.1) is 11.8 Å². The van der Waals surface area contributed by atoms with E-state index < -0.39 is 6.17 Å². The molecule has 80 valence electrons. The molecule has 0 aliphatic rings. The lowest BCUT2D eigenvalue weighted by Crippen LogP contribution is -2.33. The van der Waals surface area contributed by atoms with Crippen molar-refractivity contribution in [1.82, 2.24) is 0 Å². The van der Waals surface area contributed by atoms with Gasteiger partial charge in [0.1, 0.15) is 6.17 Å². The molecule has 0 aromatic rings. The summed E-state index contributed by atoms with van der Waals surface area (Å²) in [5.74, 6) is 0.189. The summed E-state index contributed by atoms with van der Waals surface area (Å²) in [7, 11) is 0. The van der Waals surface area contributed by atoms with Crippen molar-refractivity contribution in [3.63, 3.8) is 0 Å². The minimum Gasteiger partial charge on any atom is -0.376 e. The maximum Gasteiger partial charge on any atom is 0.128 e. The largest absolute Gasteiger partial charge is 0.376 e. The predicted molar refractivity (Wildman–Crippen MR) is 53.4 cm³/mol. The monoisotopic (exact) mass is 191 g/mol. The summed E-state index contributed by atoms with van der Waals surface area (Å²) in [4.78, 5) is 0. The first-order valence-corrected chi connectivity index (χ1v) is 4.94. The van der Waals surface area contributed by atoms with Crippen molar-refractivity contribution < 1.29 is 9.13 Å². The molecule has 2 unspecified atom stereocenters. The highest BCUT2D eigenvalue weighted by Crippen LogP contribution is 2.17. The fourth-order valence-electron chi connectivity index (χ4n) is 1.25. The fourth-order valence-corrected chi connectivity index (χ4v) is 1.25. The van der Waals surface area contributed by atoms with Crippen LogP contribution < -0.4 is 5.73 Å². The Labute approximate surface area is 80.6 Å². The molecule has 3 heteroatoms. The number of halogens is 1. The van der Waals surface area contributed by atoms with Gasteiger partial charge >= 0.3 is 0 Å². The quantitative estimate of drug-likeness (QED) is 0.696. The van der Waals surface area contributed by atoms with Crippen LogP contribution in [0.4, 0.5) is 4.39 Å². The average molecular weight is 191 g/mol. The molecule has 0 saturated heterocycles. The Morgan fingerprint density at radius 1 is 1.23 bits per heavy atom. The Morgan fingerprint density at radius 2 is 1.77 bits per heavy atom. The van der Waals surface area contributed by atoms with Gasteiger partial charge in [-0.3, -0.25) is 0 Å². The molecular weight excluding hydrogens is 169 g/mol. The Morgan fingerprint density at radius 3 is 2.08 bits per heavy atom. The molecule has 0 spiro atoms. The molecule has 2 N–H and O–H groups in total. The van der Waals surface area contributed by atoms with Gasteiger partial charge in [0.25, 0.3) is 0 Å². The highest BCUT2D eigenvalue weighted by Gasteiger charge is 2.23. The van der Waals surface area contributed by atoms with Gasteiger partial charge in [-0.05, 0) is 26.3 Å². The van der Waals surface area contributed by atoms with Gasteiger partial charge in [-0.2, -0.15) is 0 Å². The highest BCUT2D eigenvalue weighted by molar-refractivity contribution is 4.72. The Bertz CT molecular complexity index is 128. The molecule has 0 aromatic heterocycles. The van der Waals surface area contributed by atoms with Crippen LogP contribution in [-0.2, 0) is 4.74 Å². The fraction of sp³-hybridized carbons (Fsp3) is 1.00. The minimum absolute atomic E-state index is 0.0845. The summed E-state index contributed by atoms with van der Waals surface area (Å²) in [6, 6.07) is 0. The summed E-state index contributed by atoms with van der Waals surface area (Å²) >= 11 is 0. The van der Waals surface area contributed by atoms with Crippen molar-refractivity contribution in [3.05, 3.63) is 0 Å². The van der Waals surface area contributed by atoms with Crippen LogP contribution in [0.15, 0.2) is 0 Å². The molecule has 0 bridgehead atoms. The van der Waals surface area contributed by atoms with Crippen LogP contribution in [-0.4, -0.2) is 25.4 Å². The van der Waals surface area contributed by atoms with Gasteiger partial charge in [-0.1, -0.05) is 13.8 Å². The Balaban J connectivity index is 3.84. The zero-order valence-electron chi connectivity index (χ0n) is 9.09.